The molecule has 1 amide bonds. The van der Waals surface area contributed by atoms with Gasteiger partial charge in [0.25, 0.3) is 0 Å². The van der Waals surface area contributed by atoms with Crippen molar-refractivity contribution >= 4 is 17.6 Å². The predicted octanol–water partition coefficient (Wildman–Crippen LogP) is 2.16. The predicted molar refractivity (Wildman–Crippen MR) is 91.0 cm³/mol. The van der Waals surface area contributed by atoms with Gasteiger partial charge in [-0.2, -0.15) is 0 Å². The molecule has 22 heavy (non-hydrogen) atoms. The number of carbonyl (C=O) groups excluding carboxylic acids is 1. The highest BCUT2D eigenvalue weighted by atomic mass is 16.1. The molecule has 1 aromatic heterocycles. The molecule has 0 aliphatic heterocycles. The van der Waals surface area contributed by atoms with Crippen LogP contribution < -0.4 is 16.0 Å². The Balaban J connectivity index is 2.35. The summed E-state index contributed by atoms with van der Waals surface area (Å²) in [5.41, 5.74) is 0.681. The van der Waals surface area contributed by atoms with Gasteiger partial charge in [0.2, 0.25) is 5.91 Å². The lowest BCUT2D eigenvalue weighted by molar-refractivity contribution is -0.114. The molecule has 0 aromatic carbocycles. The summed E-state index contributed by atoms with van der Waals surface area (Å²) in [6.07, 6.45) is 8.08. The van der Waals surface area contributed by atoms with Crippen LogP contribution in [0.5, 0.6) is 0 Å². The maximum Gasteiger partial charge on any atom is 0.246 e. The Bertz CT molecular complexity index is 447. The highest BCUT2D eigenvalue weighted by molar-refractivity contribution is 5.93. The van der Waals surface area contributed by atoms with E-state index in [-0.39, 0.29) is 12.5 Å². The molecule has 1 heterocycles. The molecule has 0 aliphatic rings. The molecule has 3 N–H and O–H groups in total. The molecule has 6 heteroatoms. The van der Waals surface area contributed by atoms with Gasteiger partial charge in [-0.25, -0.2) is 4.99 Å². The van der Waals surface area contributed by atoms with Crippen LogP contribution >= 0.6 is 0 Å². The summed E-state index contributed by atoms with van der Waals surface area (Å²) in [6, 6.07) is 3.58. The SMILES string of the molecule is CCCCCCNC(=NCC(=O)Nc1cccnc1)NCC. The van der Waals surface area contributed by atoms with Crippen LogP contribution in [0.4, 0.5) is 5.69 Å². The Morgan fingerprint density at radius 3 is 2.77 bits per heavy atom. The normalized spacial score (nSPS) is 11.1. The molecular formula is C16H27N5O. The summed E-state index contributed by atoms with van der Waals surface area (Å²) in [4.78, 5) is 20.1. The van der Waals surface area contributed by atoms with Gasteiger partial charge < -0.3 is 16.0 Å². The van der Waals surface area contributed by atoms with Crippen LogP contribution in [0.2, 0.25) is 0 Å². The third-order valence-electron chi connectivity index (χ3n) is 2.99. The monoisotopic (exact) mass is 305 g/mol. The second-order valence-electron chi connectivity index (χ2n) is 4.97. The van der Waals surface area contributed by atoms with Gasteiger partial charge in [-0.3, -0.25) is 9.78 Å². The quantitative estimate of drug-likeness (QED) is 0.371. The van der Waals surface area contributed by atoms with Crippen LogP contribution in [-0.2, 0) is 4.79 Å². The first-order valence-electron chi connectivity index (χ1n) is 7.98. The Labute approximate surface area is 132 Å². The van der Waals surface area contributed by atoms with E-state index in [9.17, 15) is 4.79 Å². The van der Waals surface area contributed by atoms with Gasteiger partial charge in [-0.15, -0.1) is 0 Å². The summed E-state index contributed by atoms with van der Waals surface area (Å²) in [5.74, 6) is 0.525. The Kier molecular flexibility index (Phi) is 9.41. The second kappa shape index (κ2) is 11.5. The van der Waals surface area contributed by atoms with Gasteiger partial charge >= 0.3 is 0 Å². The summed E-state index contributed by atoms with van der Waals surface area (Å²) in [7, 11) is 0. The lowest BCUT2D eigenvalue weighted by atomic mass is 10.2. The first kappa shape index (κ1) is 17.9. The van der Waals surface area contributed by atoms with Crippen molar-refractivity contribution < 1.29 is 4.79 Å². The molecule has 0 bridgehead atoms. The molecule has 0 aliphatic carbocycles. The van der Waals surface area contributed by atoms with Gasteiger partial charge in [0, 0.05) is 19.3 Å². The number of carbonyl (C=O) groups is 1. The zero-order valence-electron chi connectivity index (χ0n) is 13.6. The largest absolute Gasteiger partial charge is 0.357 e. The van der Waals surface area contributed by atoms with Gasteiger partial charge in [-0.05, 0) is 25.5 Å². The summed E-state index contributed by atoms with van der Waals surface area (Å²) >= 11 is 0. The number of nitrogens with one attached hydrogen (secondary N) is 3. The third-order valence-corrected chi connectivity index (χ3v) is 2.99. The van der Waals surface area contributed by atoms with E-state index in [1.807, 2.05) is 6.92 Å². The molecule has 0 fully saturated rings. The van der Waals surface area contributed by atoms with E-state index in [0.29, 0.717) is 11.6 Å². The molecule has 1 aromatic rings. The number of unbranched alkanes of at least 4 members (excludes halogenated alkanes) is 3. The summed E-state index contributed by atoms with van der Waals surface area (Å²) in [6.45, 7) is 5.92. The van der Waals surface area contributed by atoms with Crippen molar-refractivity contribution in [2.45, 2.75) is 39.5 Å². The number of guanidine groups is 1. The zero-order valence-corrected chi connectivity index (χ0v) is 13.6. The second-order valence-corrected chi connectivity index (χ2v) is 4.97. The average molecular weight is 305 g/mol. The van der Waals surface area contributed by atoms with Crippen molar-refractivity contribution in [1.82, 2.24) is 15.6 Å². The number of rotatable bonds is 9. The van der Waals surface area contributed by atoms with E-state index >= 15 is 0 Å². The van der Waals surface area contributed by atoms with Gasteiger partial charge in [-0.1, -0.05) is 26.2 Å². The van der Waals surface area contributed by atoms with Crippen molar-refractivity contribution in [3.63, 3.8) is 0 Å². The van der Waals surface area contributed by atoms with Crippen LogP contribution in [0.15, 0.2) is 29.5 Å². The average Bonchev–Trinajstić information content (AvgIpc) is 2.53. The molecule has 0 saturated carbocycles. The number of hydrogen-bond acceptors (Lipinski definition) is 3. The van der Waals surface area contributed by atoms with Crippen molar-refractivity contribution in [2.24, 2.45) is 4.99 Å². The van der Waals surface area contributed by atoms with Crippen LogP contribution in [-0.4, -0.2) is 36.5 Å². The van der Waals surface area contributed by atoms with E-state index in [2.05, 4.69) is 32.9 Å². The molecule has 0 atom stereocenters. The molecule has 6 nitrogen and oxygen atoms in total. The van der Waals surface area contributed by atoms with Crippen molar-refractivity contribution in [3.8, 4) is 0 Å². The number of pyridine rings is 1. The standard InChI is InChI=1S/C16H27N5O/c1-3-5-6-7-11-19-16(18-4-2)20-13-15(22)21-14-9-8-10-17-12-14/h8-10,12H,3-7,11,13H2,1-2H3,(H,21,22)(H2,18,19,20). The number of aliphatic imine (C=N–C) groups is 1. The lowest BCUT2D eigenvalue weighted by Crippen LogP contribution is -2.38. The number of hydrogen-bond donors (Lipinski definition) is 3. The minimum Gasteiger partial charge on any atom is -0.357 e. The summed E-state index contributed by atoms with van der Waals surface area (Å²) in [5, 5.41) is 9.14. The fourth-order valence-electron chi connectivity index (χ4n) is 1.89. The van der Waals surface area contributed by atoms with E-state index in [1.165, 1.54) is 19.3 Å². The summed E-state index contributed by atoms with van der Waals surface area (Å²) < 4.78 is 0. The maximum absolute atomic E-state index is 11.8. The van der Waals surface area contributed by atoms with Gasteiger partial charge in [0.05, 0.1) is 11.9 Å². The van der Waals surface area contributed by atoms with Crippen LogP contribution in [0.25, 0.3) is 0 Å². The first-order valence-corrected chi connectivity index (χ1v) is 7.98. The number of aromatic nitrogens is 1. The topological polar surface area (TPSA) is 78.4 Å². The van der Waals surface area contributed by atoms with Gasteiger partial charge in [0.1, 0.15) is 6.54 Å². The highest BCUT2D eigenvalue weighted by Gasteiger charge is 2.02. The van der Waals surface area contributed by atoms with Crippen LogP contribution in [0, 0.1) is 0 Å². The Morgan fingerprint density at radius 2 is 2.09 bits per heavy atom. The third kappa shape index (κ3) is 8.24. The van der Waals surface area contributed by atoms with Gasteiger partial charge in [0.15, 0.2) is 5.96 Å². The molecule has 0 unspecified atom stereocenters. The van der Waals surface area contributed by atoms with E-state index in [0.717, 1.165) is 19.5 Å². The number of amides is 1. The van der Waals surface area contributed by atoms with Crippen molar-refractivity contribution in [1.29, 1.82) is 0 Å². The fourth-order valence-corrected chi connectivity index (χ4v) is 1.89. The first-order chi connectivity index (χ1) is 10.8. The van der Waals surface area contributed by atoms with E-state index in [1.54, 1.807) is 24.5 Å². The molecule has 0 spiro atoms. The molecule has 1 rings (SSSR count). The van der Waals surface area contributed by atoms with Crippen LogP contribution in [0.1, 0.15) is 39.5 Å². The lowest BCUT2D eigenvalue weighted by Gasteiger charge is -2.11. The van der Waals surface area contributed by atoms with Crippen LogP contribution in [0.3, 0.4) is 0 Å². The molecule has 0 saturated heterocycles. The molecule has 122 valence electrons. The Hall–Kier alpha value is -2.11. The molecule has 0 radical (unpaired) electrons. The minimum absolute atomic E-state index is 0.0825. The smallest absolute Gasteiger partial charge is 0.246 e. The number of anilines is 1. The maximum atomic E-state index is 11.8. The molecular weight excluding hydrogens is 278 g/mol. The highest BCUT2D eigenvalue weighted by Crippen LogP contribution is 2.01. The van der Waals surface area contributed by atoms with E-state index in [4.69, 9.17) is 0 Å². The van der Waals surface area contributed by atoms with Crippen molar-refractivity contribution in [2.75, 3.05) is 25.0 Å². The minimum atomic E-state index is -0.156. The number of nitrogens with zero attached hydrogens (tertiary/aromatic N) is 2. The fraction of sp³-hybridized carbons (Fsp3) is 0.562. The van der Waals surface area contributed by atoms with E-state index < -0.39 is 0 Å². The zero-order chi connectivity index (χ0) is 16.0. The van der Waals surface area contributed by atoms with Crippen molar-refractivity contribution in [3.05, 3.63) is 24.5 Å². The Morgan fingerprint density at radius 1 is 1.23 bits per heavy atom.